The van der Waals surface area contributed by atoms with E-state index in [0.717, 1.165) is 30.9 Å². The molecule has 5 nitrogen and oxygen atoms in total. The number of hydrogen-bond acceptors (Lipinski definition) is 5. The zero-order valence-electron chi connectivity index (χ0n) is 13.1. The molecule has 0 aliphatic heterocycles. The van der Waals surface area contributed by atoms with Crippen molar-refractivity contribution in [1.29, 1.82) is 0 Å². The standard InChI is InChI=1S/C15H26N2O3/c1-6-16-9-11(2)17-10-12-7-8-13(18-3)15(20-5)14(12)19-4/h7-8,11,16-17H,6,9-10H2,1-5H3. The van der Waals surface area contributed by atoms with Crippen molar-refractivity contribution >= 4 is 0 Å². The Kier molecular flexibility index (Phi) is 7.18. The molecule has 0 saturated heterocycles. The summed E-state index contributed by atoms with van der Waals surface area (Å²) in [6.07, 6.45) is 0. The lowest BCUT2D eigenvalue weighted by Crippen LogP contribution is -2.35. The van der Waals surface area contributed by atoms with Gasteiger partial charge in [0.05, 0.1) is 21.3 Å². The summed E-state index contributed by atoms with van der Waals surface area (Å²) in [5.74, 6) is 2.03. The molecule has 0 amide bonds. The number of ether oxygens (including phenoxy) is 3. The zero-order valence-corrected chi connectivity index (χ0v) is 13.1. The second-order valence-corrected chi connectivity index (χ2v) is 4.58. The maximum absolute atomic E-state index is 5.46. The van der Waals surface area contributed by atoms with E-state index in [0.29, 0.717) is 17.5 Å². The lowest BCUT2D eigenvalue weighted by Gasteiger charge is -2.18. The van der Waals surface area contributed by atoms with Gasteiger partial charge in [-0.2, -0.15) is 0 Å². The van der Waals surface area contributed by atoms with Gasteiger partial charge in [-0.25, -0.2) is 0 Å². The second-order valence-electron chi connectivity index (χ2n) is 4.58. The van der Waals surface area contributed by atoms with Gasteiger partial charge in [-0.1, -0.05) is 13.0 Å². The van der Waals surface area contributed by atoms with Crippen LogP contribution in [0.4, 0.5) is 0 Å². The molecule has 1 aromatic carbocycles. The first kappa shape index (κ1) is 16.6. The van der Waals surface area contributed by atoms with Crippen LogP contribution in [0.15, 0.2) is 12.1 Å². The van der Waals surface area contributed by atoms with Gasteiger partial charge in [0.2, 0.25) is 5.75 Å². The highest BCUT2D eigenvalue weighted by Crippen LogP contribution is 2.39. The molecule has 2 N–H and O–H groups in total. The Hall–Kier alpha value is -1.46. The first-order valence-corrected chi connectivity index (χ1v) is 6.89. The molecule has 114 valence electrons. The average Bonchev–Trinajstić information content (AvgIpc) is 2.49. The first-order valence-electron chi connectivity index (χ1n) is 6.89. The fourth-order valence-electron chi connectivity index (χ4n) is 2.02. The van der Waals surface area contributed by atoms with Gasteiger partial charge in [0.1, 0.15) is 0 Å². The maximum Gasteiger partial charge on any atom is 0.203 e. The Balaban J connectivity index is 2.79. The van der Waals surface area contributed by atoms with Crippen LogP contribution >= 0.6 is 0 Å². The molecule has 1 atom stereocenters. The minimum Gasteiger partial charge on any atom is -0.493 e. The minimum absolute atomic E-state index is 0.382. The summed E-state index contributed by atoms with van der Waals surface area (Å²) in [6.45, 7) is 6.88. The van der Waals surface area contributed by atoms with Gasteiger partial charge in [0, 0.05) is 24.7 Å². The van der Waals surface area contributed by atoms with E-state index in [1.165, 1.54) is 0 Å². The lowest BCUT2D eigenvalue weighted by molar-refractivity contribution is 0.321. The number of hydrogen-bond donors (Lipinski definition) is 2. The van der Waals surface area contributed by atoms with E-state index in [1.54, 1.807) is 21.3 Å². The predicted octanol–water partition coefficient (Wildman–Crippen LogP) is 1.80. The SMILES string of the molecule is CCNCC(C)NCc1ccc(OC)c(OC)c1OC. The quantitative estimate of drug-likeness (QED) is 0.723. The smallest absolute Gasteiger partial charge is 0.203 e. The molecule has 0 aliphatic rings. The van der Waals surface area contributed by atoms with E-state index in [-0.39, 0.29) is 0 Å². The third-order valence-corrected chi connectivity index (χ3v) is 3.13. The number of likely N-dealkylation sites (N-methyl/N-ethyl adjacent to an activating group) is 1. The van der Waals surface area contributed by atoms with E-state index < -0.39 is 0 Å². The summed E-state index contributed by atoms with van der Waals surface area (Å²) in [7, 11) is 4.88. The molecule has 1 unspecified atom stereocenters. The molecule has 0 radical (unpaired) electrons. The van der Waals surface area contributed by atoms with Gasteiger partial charge in [0.25, 0.3) is 0 Å². The second kappa shape index (κ2) is 8.66. The fourth-order valence-corrected chi connectivity index (χ4v) is 2.02. The van der Waals surface area contributed by atoms with Crippen molar-refractivity contribution in [3.63, 3.8) is 0 Å². The van der Waals surface area contributed by atoms with Crippen molar-refractivity contribution in [1.82, 2.24) is 10.6 Å². The molecular formula is C15H26N2O3. The molecule has 0 spiro atoms. The number of nitrogens with one attached hydrogen (secondary N) is 2. The van der Waals surface area contributed by atoms with Crippen LogP contribution in [0.25, 0.3) is 0 Å². The van der Waals surface area contributed by atoms with Crippen molar-refractivity contribution in [2.75, 3.05) is 34.4 Å². The third kappa shape index (κ3) is 4.28. The van der Waals surface area contributed by atoms with E-state index in [9.17, 15) is 0 Å². The van der Waals surface area contributed by atoms with Crippen LogP contribution in [0.1, 0.15) is 19.4 Å². The monoisotopic (exact) mass is 282 g/mol. The molecule has 0 fully saturated rings. The van der Waals surface area contributed by atoms with Gasteiger partial charge < -0.3 is 24.8 Å². The Morgan fingerprint density at radius 1 is 1.05 bits per heavy atom. The van der Waals surface area contributed by atoms with Gasteiger partial charge in [0.15, 0.2) is 11.5 Å². The van der Waals surface area contributed by atoms with Gasteiger partial charge >= 0.3 is 0 Å². The molecule has 0 aromatic heterocycles. The molecule has 0 bridgehead atoms. The van der Waals surface area contributed by atoms with Crippen LogP contribution in [-0.2, 0) is 6.54 Å². The summed E-state index contributed by atoms with van der Waals surface area (Å²) < 4.78 is 16.1. The number of benzene rings is 1. The minimum atomic E-state index is 0.382. The molecule has 0 heterocycles. The van der Waals surface area contributed by atoms with Crippen LogP contribution in [-0.4, -0.2) is 40.5 Å². The molecule has 1 rings (SSSR count). The summed E-state index contributed by atoms with van der Waals surface area (Å²) in [5.41, 5.74) is 1.05. The summed E-state index contributed by atoms with van der Waals surface area (Å²) in [6, 6.07) is 4.27. The van der Waals surface area contributed by atoms with Crippen molar-refractivity contribution in [3.05, 3.63) is 17.7 Å². The molecule has 0 aliphatic carbocycles. The topological polar surface area (TPSA) is 51.8 Å². The van der Waals surface area contributed by atoms with Crippen molar-refractivity contribution in [2.24, 2.45) is 0 Å². The largest absolute Gasteiger partial charge is 0.493 e. The zero-order chi connectivity index (χ0) is 15.0. The molecule has 5 heteroatoms. The van der Waals surface area contributed by atoms with Crippen LogP contribution in [0.5, 0.6) is 17.2 Å². The number of methoxy groups -OCH3 is 3. The Morgan fingerprint density at radius 3 is 2.30 bits per heavy atom. The Bertz CT molecular complexity index is 410. The highest BCUT2D eigenvalue weighted by Gasteiger charge is 2.15. The molecular weight excluding hydrogens is 256 g/mol. The first-order chi connectivity index (χ1) is 9.67. The predicted molar refractivity (Wildman–Crippen MR) is 80.9 cm³/mol. The van der Waals surface area contributed by atoms with Crippen LogP contribution in [0, 0.1) is 0 Å². The maximum atomic E-state index is 5.46. The van der Waals surface area contributed by atoms with Crippen molar-refractivity contribution in [2.45, 2.75) is 26.4 Å². The molecule has 1 aromatic rings. The van der Waals surface area contributed by atoms with E-state index in [2.05, 4.69) is 24.5 Å². The summed E-state index contributed by atoms with van der Waals surface area (Å²) >= 11 is 0. The van der Waals surface area contributed by atoms with Crippen LogP contribution in [0.2, 0.25) is 0 Å². The Labute approximate surface area is 121 Å². The van der Waals surface area contributed by atoms with E-state index >= 15 is 0 Å². The average molecular weight is 282 g/mol. The fraction of sp³-hybridized carbons (Fsp3) is 0.600. The third-order valence-electron chi connectivity index (χ3n) is 3.13. The summed E-state index contributed by atoms with van der Waals surface area (Å²) in [5, 5.41) is 6.77. The van der Waals surface area contributed by atoms with Gasteiger partial charge in [-0.05, 0) is 19.5 Å². The molecule has 20 heavy (non-hydrogen) atoms. The molecule has 0 saturated carbocycles. The van der Waals surface area contributed by atoms with Crippen molar-refractivity contribution < 1.29 is 14.2 Å². The van der Waals surface area contributed by atoms with Crippen LogP contribution < -0.4 is 24.8 Å². The van der Waals surface area contributed by atoms with Gasteiger partial charge in [-0.15, -0.1) is 0 Å². The highest BCUT2D eigenvalue weighted by molar-refractivity contribution is 5.55. The van der Waals surface area contributed by atoms with Gasteiger partial charge in [-0.3, -0.25) is 0 Å². The highest BCUT2D eigenvalue weighted by atomic mass is 16.5. The van der Waals surface area contributed by atoms with E-state index in [4.69, 9.17) is 14.2 Å². The normalized spacial score (nSPS) is 12.1. The van der Waals surface area contributed by atoms with Crippen molar-refractivity contribution in [3.8, 4) is 17.2 Å². The number of rotatable bonds is 9. The Morgan fingerprint density at radius 2 is 1.75 bits per heavy atom. The van der Waals surface area contributed by atoms with E-state index in [1.807, 2.05) is 12.1 Å². The van der Waals surface area contributed by atoms with Crippen LogP contribution in [0.3, 0.4) is 0 Å². The summed E-state index contributed by atoms with van der Waals surface area (Å²) in [4.78, 5) is 0. The lowest BCUT2D eigenvalue weighted by atomic mass is 10.1.